The van der Waals surface area contributed by atoms with E-state index in [-0.39, 0.29) is 34.6 Å². The largest absolute Gasteiger partial charge is 0.497 e. The van der Waals surface area contributed by atoms with Gasteiger partial charge in [0, 0.05) is 18.2 Å². The maximum atomic E-state index is 12.6. The molecule has 0 aliphatic heterocycles. The predicted molar refractivity (Wildman–Crippen MR) is 109 cm³/mol. The van der Waals surface area contributed by atoms with Crippen molar-refractivity contribution in [2.45, 2.75) is 26.4 Å². The van der Waals surface area contributed by atoms with Crippen LogP contribution in [0.1, 0.15) is 29.8 Å². The molecular formula is C20H22ClN3O5. The van der Waals surface area contributed by atoms with Crippen LogP contribution in [0.25, 0.3) is 0 Å². The molecule has 0 aliphatic carbocycles. The minimum Gasteiger partial charge on any atom is -0.497 e. The Morgan fingerprint density at radius 2 is 1.83 bits per heavy atom. The number of carbonyl (C=O) groups excluding carboxylic acids is 2. The molecule has 0 radical (unpaired) electrons. The van der Waals surface area contributed by atoms with E-state index in [1.54, 1.807) is 33.1 Å². The fraction of sp³-hybridized carbons (Fsp3) is 0.300. The third-order valence-electron chi connectivity index (χ3n) is 4.27. The molecule has 2 rings (SSSR count). The van der Waals surface area contributed by atoms with E-state index in [1.165, 1.54) is 12.1 Å². The molecule has 0 spiro atoms. The molecular weight excluding hydrogens is 398 g/mol. The highest BCUT2D eigenvalue weighted by molar-refractivity contribution is 6.32. The van der Waals surface area contributed by atoms with Crippen molar-refractivity contribution in [1.82, 2.24) is 10.6 Å². The average molecular weight is 420 g/mol. The average Bonchev–Trinajstić information content (AvgIpc) is 2.70. The smallest absolute Gasteiger partial charge is 0.288 e. The first kappa shape index (κ1) is 22.2. The van der Waals surface area contributed by atoms with Gasteiger partial charge in [-0.1, -0.05) is 37.6 Å². The number of hydrogen-bond acceptors (Lipinski definition) is 5. The molecule has 0 aromatic heterocycles. The molecule has 29 heavy (non-hydrogen) atoms. The minimum absolute atomic E-state index is 0.0507. The highest BCUT2D eigenvalue weighted by Gasteiger charge is 2.25. The summed E-state index contributed by atoms with van der Waals surface area (Å²) in [7, 11) is 1.57. The van der Waals surface area contributed by atoms with Crippen LogP contribution in [0.3, 0.4) is 0 Å². The second-order valence-electron chi connectivity index (χ2n) is 6.68. The highest BCUT2D eigenvalue weighted by atomic mass is 35.5. The van der Waals surface area contributed by atoms with Crippen LogP contribution in [0.4, 0.5) is 5.69 Å². The Morgan fingerprint density at radius 3 is 2.38 bits per heavy atom. The van der Waals surface area contributed by atoms with Crippen LogP contribution in [0.15, 0.2) is 42.5 Å². The van der Waals surface area contributed by atoms with E-state index in [1.807, 2.05) is 12.1 Å². The number of ether oxygens (including phenoxy) is 1. The van der Waals surface area contributed by atoms with Gasteiger partial charge < -0.3 is 15.4 Å². The molecule has 0 saturated heterocycles. The maximum absolute atomic E-state index is 12.6. The standard InChI is InChI=1S/C20H22ClN3O5/c1-12(2)18(20(26)22-11-13-4-7-15(29-3)8-5-13)23-19(25)14-6-9-16(21)17(10-14)24(27)28/h4-10,12,18H,11H2,1-3H3,(H,22,26)(H,23,25)/t18-/m0/s1. The van der Waals surface area contributed by atoms with Gasteiger partial charge in [0.2, 0.25) is 5.91 Å². The Hall–Kier alpha value is -3.13. The Bertz CT molecular complexity index is 899. The molecule has 0 saturated carbocycles. The molecule has 2 N–H and O–H groups in total. The number of nitrogens with zero attached hydrogens (tertiary/aromatic N) is 1. The number of carbonyl (C=O) groups is 2. The lowest BCUT2D eigenvalue weighted by atomic mass is 10.0. The second kappa shape index (κ2) is 9.88. The summed E-state index contributed by atoms with van der Waals surface area (Å²) < 4.78 is 5.10. The summed E-state index contributed by atoms with van der Waals surface area (Å²) in [6.07, 6.45) is 0. The number of halogens is 1. The van der Waals surface area contributed by atoms with Crippen molar-refractivity contribution in [3.63, 3.8) is 0 Å². The van der Waals surface area contributed by atoms with Crippen molar-refractivity contribution in [2.24, 2.45) is 5.92 Å². The zero-order chi connectivity index (χ0) is 21.6. The summed E-state index contributed by atoms with van der Waals surface area (Å²) in [6.45, 7) is 3.87. The van der Waals surface area contributed by atoms with Crippen molar-refractivity contribution < 1.29 is 19.2 Å². The molecule has 1 atom stereocenters. The van der Waals surface area contributed by atoms with Gasteiger partial charge >= 0.3 is 0 Å². The zero-order valence-electron chi connectivity index (χ0n) is 16.3. The van der Waals surface area contributed by atoms with Crippen LogP contribution in [-0.2, 0) is 11.3 Å². The molecule has 0 bridgehead atoms. The van der Waals surface area contributed by atoms with Crippen LogP contribution in [0, 0.1) is 16.0 Å². The molecule has 2 amide bonds. The number of nitrogens with one attached hydrogen (secondary N) is 2. The van der Waals surface area contributed by atoms with Crippen LogP contribution in [0.2, 0.25) is 5.02 Å². The first-order valence-electron chi connectivity index (χ1n) is 8.88. The van der Waals surface area contributed by atoms with Crippen LogP contribution in [-0.4, -0.2) is 29.9 Å². The SMILES string of the molecule is COc1ccc(CNC(=O)[C@@H](NC(=O)c2ccc(Cl)c([N+](=O)[O-])c2)C(C)C)cc1. The van der Waals surface area contributed by atoms with Crippen LogP contribution < -0.4 is 15.4 Å². The lowest BCUT2D eigenvalue weighted by Gasteiger charge is -2.22. The Kier molecular flexibility index (Phi) is 7.55. The summed E-state index contributed by atoms with van der Waals surface area (Å²) in [4.78, 5) is 35.5. The first-order chi connectivity index (χ1) is 13.7. The van der Waals surface area contributed by atoms with Gasteiger partial charge in [0.25, 0.3) is 11.6 Å². The number of benzene rings is 2. The van der Waals surface area contributed by atoms with Gasteiger partial charge in [-0.05, 0) is 35.7 Å². The van der Waals surface area contributed by atoms with Crippen molar-refractivity contribution in [3.8, 4) is 5.75 Å². The number of nitro groups is 1. The van der Waals surface area contributed by atoms with E-state index in [2.05, 4.69) is 10.6 Å². The Balaban J connectivity index is 2.06. The number of nitro benzene ring substituents is 1. The van der Waals surface area contributed by atoms with E-state index in [0.717, 1.165) is 11.6 Å². The van der Waals surface area contributed by atoms with E-state index in [9.17, 15) is 19.7 Å². The predicted octanol–water partition coefficient (Wildman–Crippen LogP) is 3.33. The fourth-order valence-electron chi connectivity index (χ4n) is 2.60. The third kappa shape index (κ3) is 5.92. The molecule has 2 aromatic carbocycles. The van der Waals surface area contributed by atoms with Gasteiger partial charge in [0.15, 0.2) is 0 Å². The zero-order valence-corrected chi connectivity index (χ0v) is 17.0. The summed E-state index contributed by atoms with van der Waals surface area (Å²) in [5.74, 6) is -0.433. The fourth-order valence-corrected chi connectivity index (χ4v) is 2.78. The Morgan fingerprint density at radius 1 is 1.17 bits per heavy atom. The minimum atomic E-state index is -0.810. The number of methoxy groups -OCH3 is 1. The normalized spacial score (nSPS) is 11.6. The van der Waals surface area contributed by atoms with Gasteiger partial charge in [0.05, 0.1) is 12.0 Å². The van der Waals surface area contributed by atoms with E-state index < -0.39 is 16.9 Å². The van der Waals surface area contributed by atoms with Crippen molar-refractivity contribution >= 4 is 29.1 Å². The van der Waals surface area contributed by atoms with Gasteiger partial charge in [-0.3, -0.25) is 19.7 Å². The van der Waals surface area contributed by atoms with Crippen molar-refractivity contribution in [3.05, 3.63) is 68.7 Å². The van der Waals surface area contributed by atoms with E-state index in [0.29, 0.717) is 5.75 Å². The first-order valence-corrected chi connectivity index (χ1v) is 9.26. The molecule has 9 heteroatoms. The van der Waals surface area contributed by atoms with Crippen molar-refractivity contribution in [2.75, 3.05) is 7.11 Å². The van der Waals surface area contributed by atoms with Gasteiger partial charge in [-0.15, -0.1) is 0 Å². The summed E-state index contributed by atoms with van der Waals surface area (Å²) in [5.41, 5.74) is 0.556. The molecule has 0 heterocycles. The second-order valence-corrected chi connectivity index (χ2v) is 7.09. The molecule has 8 nitrogen and oxygen atoms in total. The number of rotatable bonds is 8. The summed E-state index contributed by atoms with van der Waals surface area (Å²) >= 11 is 5.78. The number of hydrogen-bond donors (Lipinski definition) is 2. The molecule has 154 valence electrons. The monoisotopic (exact) mass is 419 g/mol. The number of amides is 2. The Labute approximate surface area is 173 Å². The summed E-state index contributed by atoms with van der Waals surface area (Å²) in [5, 5.41) is 16.4. The van der Waals surface area contributed by atoms with Crippen LogP contribution in [0.5, 0.6) is 5.75 Å². The quantitative estimate of drug-likeness (QED) is 0.503. The highest BCUT2D eigenvalue weighted by Crippen LogP contribution is 2.25. The van der Waals surface area contributed by atoms with E-state index in [4.69, 9.17) is 16.3 Å². The van der Waals surface area contributed by atoms with E-state index >= 15 is 0 Å². The lowest BCUT2D eigenvalue weighted by Crippen LogP contribution is -2.49. The molecule has 2 aromatic rings. The topological polar surface area (TPSA) is 111 Å². The molecule has 0 unspecified atom stereocenters. The maximum Gasteiger partial charge on any atom is 0.288 e. The van der Waals surface area contributed by atoms with Gasteiger partial charge in [0.1, 0.15) is 16.8 Å². The molecule has 0 fully saturated rings. The van der Waals surface area contributed by atoms with Gasteiger partial charge in [-0.2, -0.15) is 0 Å². The van der Waals surface area contributed by atoms with Crippen LogP contribution >= 0.6 is 11.6 Å². The van der Waals surface area contributed by atoms with Gasteiger partial charge in [-0.25, -0.2) is 0 Å². The molecule has 0 aliphatic rings. The summed E-state index contributed by atoms with van der Waals surface area (Å²) in [6, 6.07) is 10.2. The van der Waals surface area contributed by atoms with Crippen molar-refractivity contribution in [1.29, 1.82) is 0 Å². The lowest BCUT2D eigenvalue weighted by molar-refractivity contribution is -0.384. The third-order valence-corrected chi connectivity index (χ3v) is 4.59.